The maximum absolute atomic E-state index is 12.2. The summed E-state index contributed by atoms with van der Waals surface area (Å²) in [4.78, 5) is 14.8. The van der Waals surface area contributed by atoms with Gasteiger partial charge in [-0.15, -0.1) is 0 Å². The molecule has 2 fully saturated rings. The number of likely N-dealkylation sites (tertiary alicyclic amines) is 1. The molecule has 0 unspecified atom stereocenters. The van der Waals surface area contributed by atoms with E-state index < -0.39 is 0 Å². The van der Waals surface area contributed by atoms with Gasteiger partial charge in [0.2, 0.25) is 0 Å². The normalized spacial score (nSPS) is 36.5. The summed E-state index contributed by atoms with van der Waals surface area (Å²) in [6.07, 6.45) is 6.51. The second-order valence-electron chi connectivity index (χ2n) is 9.21. The molecule has 1 aromatic heterocycles. The van der Waals surface area contributed by atoms with Crippen molar-refractivity contribution < 1.29 is 0 Å². The quantitative estimate of drug-likeness (QED) is 0.780. The second kappa shape index (κ2) is 5.08. The van der Waals surface area contributed by atoms with Gasteiger partial charge in [-0.3, -0.25) is 9.69 Å². The van der Waals surface area contributed by atoms with Crippen LogP contribution in [0.25, 0.3) is 0 Å². The van der Waals surface area contributed by atoms with Gasteiger partial charge in [0, 0.05) is 43.9 Å². The Balaban J connectivity index is 1.36. The monoisotopic (exact) mass is 324 g/mol. The molecule has 4 atom stereocenters. The Kier molecular flexibility index (Phi) is 3.16. The molecule has 1 saturated heterocycles. The van der Waals surface area contributed by atoms with Crippen LogP contribution in [0.4, 0.5) is 0 Å². The van der Waals surface area contributed by atoms with E-state index in [0.717, 1.165) is 38.0 Å². The van der Waals surface area contributed by atoms with Crippen LogP contribution < -0.4 is 5.56 Å². The van der Waals surface area contributed by atoms with Crippen molar-refractivity contribution in [2.75, 3.05) is 19.6 Å². The van der Waals surface area contributed by atoms with Crippen molar-refractivity contribution in [3.8, 4) is 0 Å². The number of hydrogen-bond donors (Lipinski definition) is 0. The predicted molar refractivity (Wildman–Crippen MR) is 96.1 cm³/mol. The van der Waals surface area contributed by atoms with E-state index in [-0.39, 0.29) is 5.56 Å². The highest BCUT2D eigenvalue weighted by molar-refractivity contribution is 5.25. The van der Waals surface area contributed by atoms with Gasteiger partial charge in [-0.05, 0) is 48.5 Å². The van der Waals surface area contributed by atoms with Gasteiger partial charge in [0.05, 0.1) is 0 Å². The van der Waals surface area contributed by atoms with Crippen molar-refractivity contribution in [1.82, 2.24) is 9.47 Å². The first-order chi connectivity index (χ1) is 11.5. The third-order valence-electron chi connectivity index (χ3n) is 7.54. The summed E-state index contributed by atoms with van der Waals surface area (Å²) in [5.74, 6) is 2.92. The number of nitrogens with zero attached hydrogens (tertiary/aromatic N) is 2. The summed E-state index contributed by atoms with van der Waals surface area (Å²) in [5.41, 5.74) is 3.68. The van der Waals surface area contributed by atoms with Crippen LogP contribution in [0.3, 0.4) is 0 Å². The number of allylic oxidation sites excluding steroid dienone is 1. The molecule has 3 heteroatoms. The molecule has 24 heavy (non-hydrogen) atoms. The fourth-order valence-corrected chi connectivity index (χ4v) is 6.04. The van der Waals surface area contributed by atoms with E-state index in [1.165, 1.54) is 25.0 Å². The summed E-state index contributed by atoms with van der Waals surface area (Å²) in [6.45, 7) is 9.28. The van der Waals surface area contributed by atoms with Crippen molar-refractivity contribution in [1.29, 1.82) is 0 Å². The highest BCUT2D eigenvalue weighted by Gasteiger charge is 2.51. The number of piperidine rings is 1. The summed E-state index contributed by atoms with van der Waals surface area (Å²) in [7, 11) is 0. The summed E-state index contributed by atoms with van der Waals surface area (Å²) < 4.78 is 2.04. The standard InChI is InChI=1S/C21H28N2O/c1-21(2)17-7-6-15(18(21)9-17)12-22-10-14-8-16(13-22)19-4-3-5-20(24)23(19)11-14/h3-6,14,16-18H,7-13H2,1-2H3/t14-,16-,17-,18+/m0/s1. The molecular formula is C21H28N2O. The molecule has 0 spiro atoms. The molecule has 1 saturated carbocycles. The van der Waals surface area contributed by atoms with Crippen LogP contribution in [0.5, 0.6) is 0 Å². The summed E-state index contributed by atoms with van der Waals surface area (Å²) in [6, 6.07) is 5.82. The lowest BCUT2D eigenvalue weighted by Gasteiger charge is -2.57. The van der Waals surface area contributed by atoms with Gasteiger partial charge in [-0.1, -0.05) is 31.6 Å². The molecule has 3 heterocycles. The predicted octanol–water partition coefficient (Wildman–Crippen LogP) is 3.26. The average Bonchev–Trinajstić information content (AvgIpc) is 2.56. The fraction of sp³-hybridized carbons (Fsp3) is 0.667. The van der Waals surface area contributed by atoms with Crippen LogP contribution >= 0.6 is 0 Å². The van der Waals surface area contributed by atoms with Crippen LogP contribution in [-0.4, -0.2) is 29.1 Å². The Bertz CT molecular complexity index is 759. The van der Waals surface area contributed by atoms with Crippen LogP contribution in [-0.2, 0) is 6.54 Å². The number of aromatic nitrogens is 1. The first kappa shape index (κ1) is 14.9. The van der Waals surface area contributed by atoms with Crippen molar-refractivity contribution in [3.63, 3.8) is 0 Å². The third-order valence-corrected chi connectivity index (χ3v) is 7.54. The average molecular weight is 324 g/mol. The van der Waals surface area contributed by atoms with Crippen molar-refractivity contribution in [2.24, 2.45) is 23.2 Å². The zero-order valence-corrected chi connectivity index (χ0v) is 14.9. The number of fused-ring (bicyclic) bond motifs is 5. The zero-order chi connectivity index (χ0) is 16.5. The molecule has 0 amide bonds. The lowest BCUT2D eigenvalue weighted by molar-refractivity contribution is -0.0127. The summed E-state index contributed by atoms with van der Waals surface area (Å²) >= 11 is 0. The highest BCUT2D eigenvalue weighted by Crippen LogP contribution is 2.59. The van der Waals surface area contributed by atoms with Gasteiger partial charge in [-0.25, -0.2) is 0 Å². The summed E-state index contributed by atoms with van der Waals surface area (Å²) in [5, 5.41) is 0. The topological polar surface area (TPSA) is 25.2 Å². The molecule has 2 aliphatic heterocycles. The third kappa shape index (κ3) is 2.10. The molecule has 128 valence electrons. The van der Waals surface area contributed by atoms with E-state index in [9.17, 15) is 4.79 Å². The van der Waals surface area contributed by atoms with E-state index in [1.54, 1.807) is 11.6 Å². The van der Waals surface area contributed by atoms with Crippen molar-refractivity contribution >= 4 is 0 Å². The maximum atomic E-state index is 12.2. The van der Waals surface area contributed by atoms with E-state index in [1.807, 2.05) is 10.6 Å². The Labute approximate surface area is 144 Å². The molecular weight excluding hydrogens is 296 g/mol. The van der Waals surface area contributed by atoms with Gasteiger partial charge in [-0.2, -0.15) is 0 Å². The van der Waals surface area contributed by atoms with Gasteiger partial charge >= 0.3 is 0 Å². The first-order valence-electron chi connectivity index (χ1n) is 9.63. The SMILES string of the molecule is CC1(C)[C@H]2CC=C(CN3C[C@@H]4C[C@@H](C3)c3cccc(=O)n3C4)[C@H]1C2. The molecule has 3 aliphatic carbocycles. The van der Waals surface area contributed by atoms with Crippen LogP contribution in [0, 0.1) is 23.2 Å². The number of rotatable bonds is 2. The van der Waals surface area contributed by atoms with Crippen molar-refractivity contribution in [3.05, 3.63) is 45.9 Å². The van der Waals surface area contributed by atoms with E-state index in [2.05, 4.69) is 30.9 Å². The molecule has 3 nitrogen and oxygen atoms in total. The Morgan fingerprint density at radius 2 is 2.04 bits per heavy atom. The maximum Gasteiger partial charge on any atom is 0.250 e. The van der Waals surface area contributed by atoms with E-state index >= 15 is 0 Å². The van der Waals surface area contributed by atoms with Crippen molar-refractivity contribution in [2.45, 2.75) is 45.6 Å². The van der Waals surface area contributed by atoms with E-state index in [4.69, 9.17) is 0 Å². The lowest BCUT2D eigenvalue weighted by atomic mass is 9.49. The van der Waals surface area contributed by atoms with E-state index in [0.29, 0.717) is 17.3 Å². The number of pyridine rings is 1. The minimum Gasteiger partial charge on any atom is -0.312 e. The zero-order valence-electron chi connectivity index (χ0n) is 14.9. The number of hydrogen-bond acceptors (Lipinski definition) is 2. The molecule has 0 radical (unpaired) electrons. The second-order valence-corrected chi connectivity index (χ2v) is 9.21. The van der Waals surface area contributed by atoms with Gasteiger partial charge in [0.1, 0.15) is 0 Å². The minimum atomic E-state index is 0.188. The Hall–Kier alpha value is -1.35. The van der Waals surface area contributed by atoms with Crippen LogP contribution in [0.1, 0.15) is 44.7 Å². The van der Waals surface area contributed by atoms with Gasteiger partial charge < -0.3 is 4.57 Å². The Morgan fingerprint density at radius 3 is 2.83 bits per heavy atom. The Morgan fingerprint density at radius 1 is 1.17 bits per heavy atom. The fourth-order valence-electron chi connectivity index (χ4n) is 6.04. The largest absolute Gasteiger partial charge is 0.312 e. The smallest absolute Gasteiger partial charge is 0.250 e. The minimum absolute atomic E-state index is 0.188. The molecule has 5 aliphatic rings. The van der Waals surface area contributed by atoms with Gasteiger partial charge in [0.15, 0.2) is 0 Å². The van der Waals surface area contributed by atoms with Gasteiger partial charge in [0.25, 0.3) is 5.56 Å². The molecule has 1 aromatic rings. The van der Waals surface area contributed by atoms with Crippen LogP contribution in [0.15, 0.2) is 34.6 Å². The lowest BCUT2D eigenvalue weighted by Crippen LogP contribution is -2.52. The molecule has 0 aromatic carbocycles. The van der Waals surface area contributed by atoms with Crippen LogP contribution in [0.2, 0.25) is 0 Å². The molecule has 4 bridgehead atoms. The highest BCUT2D eigenvalue weighted by atomic mass is 16.1. The molecule has 0 N–H and O–H groups in total. The first-order valence-corrected chi connectivity index (χ1v) is 9.63. The molecule has 6 rings (SSSR count).